The summed E-state index contributed by atoms with van der Waals surface area (Å²) in [7, 11) is 1.62. The van der Waals surface area contributed by atoms with E-state index in [1.165, 1.54) is 0 Å². The topological polar surface area (TPSA) is 64.8 Å². The standard InChI is InChI=1S/C13H18N2O3/c1-9-3-4-12(17-2)10(7-9)11(14)8-15-5-6-18-13(15)16/h3-4,7,11H,5-6,8,14H2,1-2H3. The number of rotatable bonds is 4. The molecule has 1 saturated heterocycles. The van der Waals surface area contributed by atoms with Crippen LogP contribution in [0.2, 0.25) is 0 Å². The molecular formula is C13H18N2O3. The van der Waals surface area contributed by atoms with Crippen LogP contribution in [-0.4, -0.2) is 37.8 Å². The zero-order chi connectivity index (χ0) is 13.1. The van der Waals surface area contributed by atoms with Crippen LogP contribution in [0.15, 0.2) is 18.2 Å². The Morgan fingerprint density at radius 3 is 2.94 bits per heavy atom. The van der Waals surface area contributed by atoms with Crippen LogP contribution in [0.4, 0.5) is 4.79 Å². The summed E-state index contributed by atoms with van der Waals surface area (Å²) in [6.45, 7) is 3.48. The third-order valence-electron chi connectivity index (χ3n) is 3.05. The van der Waals surface area contributed by atoms with Crippen molar-refractivity contribution in [2.75, 3.05) is 26.8 Å². The lowest BCUT2D eigenvalue weighted by Gasteiger charge is -2.21. The highest BCUT2D eigenvalue weighted by molar-refractivity contribution is 5.69. The molecule has 0 aromatic heterocycles. The van der Waals surface area contributed by atoms with Crippen molar-refractivity contribution in [1.29, 1.82) is 0 Å². The molecule has 1 atom stereocenters. The van der Waals surface area contributed by atoms with Crippen LogP contribution in [0.3, 0.4) is 0 Å². The summed E-state index contributed by atoms with van der Waals surface area (Å²) in [4.78, 5) is 13.0. The molecule has 5 nitrogen and oxygen atoms in total. The fourth-order valence-corrected chi connectivity index (χ4v) is 2.07. The van der Waals surface area contributed by atoms with E-state index in [9.17, 15) is 4.79 Å². The number of ether oxygens (including phenoxy) is 2. The summed E-state index contributed by atoms with van der Waals surface area (Å²) in [5, 5.41) is 0. The van der Waals surface area contributed by atoms with E-state index in [0.717, 1.165) is 16.9 Å². The van der Waals surface area contributed by atoms with E-state index in [1.54, 1.807) is 12.0 Å². The summed E-state index contributed by atoms with van der Waals surface area (Å²) in [6.07, 6.45) is -0.294. The quantitative estimate of drug-likeness (QED) is 0.878. The number of methoxy groups -OCH3 is 1. The van der Waals surface area contributed by atoms with E-state index in [0.29, 0.717) is 19.7 Å². The molecule has 1 heterocycles. The largest absolute Gasteiger partial charge is 0.496 e. The van der Waals surface area contributed by atoms with E-state index in [2.05, 4.69) is 0 Å². The fraction of sp³-hybridized carbons (Fsp3) is 0.462. The summed E-state index contributed by atoms with van der Waals surface area (Å²) in [5.41, 5.74) is 8.18. The van der Waals surface area contributed by atoms with Gasteiger partial charge in [-0.1, -0.05) is 17.7 Å². The Labute approximate surface area is 106 Å². The minimum absolute atomic E-state index is 0.273. The predicted molar refractivity (Wildman–Crippen MR) is 67.6 cm³/mol. The molecule has 1 aromatic rings. The SMILES string of the molecule is COc1ccc(C)cc1C(N)CN1CCOC1=O. The number of hydrogen-bond donors (Lipinski definition) is 1. The zero-order valence-corrected chi connectivity index (χ0v) is 10.7. The highest BCUT2D eigenvalue weighted by atomic mass is 16.6. The molecule has 2 N–H and O–H groups in total. The molecular weight excluding hydrogens is 232 g/mol. The number of carbonyl (C=O) groups excluding carboxylic acids is 1. The van der Waals surface area contributed by atoms with Gasteiger partial charge in [0.15, 0.2) is 0 Å². The molecule has 1 aliphatic rings. The average molecular weight is 250 g/mol. The molecule has 0 saturated carbocycles. The van der Waals surface area contributed by atoms with Gasteiger partial charge >= 0.3 is 6.09 Å². The first-order chi connectivity index (χ1) is 8.61. The third kappa shape index (κ3) is 2.56. The van der Waals surface area contributed by atoms with E-state index in [4.69, 9.17) is 15.2 Å². The van der Waals surface area contributed by atoms with Crippen LogP contribution in [0.1, 0.15) is 17.2 Å². The Hall–Kier alpha value is -1.75. The first-order valence-electron chi connectivity index (χ1n) is 5.93. The van der Waals surface area contributed by atoms with Gasteiger partial charge in [-0.25, -0.2) is 4.79 Å². The number of hydrogen-bond acceptors (Lipinski definition) is 4. The molecule has 0 radical (unpaired) electrons. The average Bonchev–Trinajstić information content (AvgIpc) is 2.75. The summed E-state index contributed by atoms with van der Waals surface area (Å²) < 4.78 is 10.2. The number of nitrogens with zero attached hydrogens (tertiary/aromatic N) is 1. The van der Waals surface area contributed by atoms with Gasteiger partial charge in [0.2, 0.25) is 0 Å². The highest BCUT2D eigenvalue weighted by Gasteiger charge is 2.25. The van der Waals surface area contributed by atoms with Crippen LogP contribution >= 0.6 is 0 Å². The van der Waals surface area contributed by atoms with Crippen molar-refractivity contribution in [3.8, 4) is 5.75 Å². The second kappa shape index (κ2) is 5.27. The number of cyclic esters (lactones) is 1. The minimum atomic E-state index is -0.294. The monoisotopic (exact) mass is 250 g/mol. The van der Waals surface area contributed by atoms with Crippen molar-refractivity contribution in [2.24, 2.45) is 5.73 Å². The van der Waals surface area contributed by atoms with E-state index >= 15 is 0 Å². The molecule has 0 aliphatic carbocycles. The lowest BCUT2D eigenvalue weighted by molar-refractivity contribution is 0.157. The molecule has 1 aromatic carbocycles. The van der Waals surface area contributed by atoms with Crippen molar-refractivity contribution < 1.29 is 14.3 Å². The Kier molecular flexibility index (Phi) is 3.72. The fourth-order valence-electron chi connectivity index (χ4n) is 2.07. The second-order valence-electron chi connectivity index (χ2n) is 4.41. The van der Waals surface area contributed by atoms with Crippen LogP contribution in [0.5, 0.6) is 5.75 Å². The van der Waals surface area contributed by atoms with Gasteiger partial charge in [-0.05, 0) is 13.0 Å². The second-order valence-corrected chi connectivity index (χ2v) is 4.41. The third-order valence-corrected chi connectivity index (χ3v) is 3.05. The number of amides is 1. The van der Waals surface area contributed by atoms with Crippen molar-refractivity contribution in [3.05, 3.63) is 29.3 Å². The zero-order valence-electron chi connectivity index (χ0n) is 10.7. The lowest BCUT2D eigenvalue weighted by Crippen LogP contribution is -2.33. The molecule has 5 heteroatoms. The molecule has 0 bridgehead atoms. The maximum absolute atomic E-state index is 11.4. The molecule has 2 rings (SSSR count). The molecule has 18 heavy (non-hydrogen) atoms. The minimum Gasteiger partial charge on any atom is -0.496 e. The first-order valence-corrected chi connectivity index (χ1v) is 5.93. The maximum atomic E-state index is 11.4. The van der Waals surface area contributed by atoms with E-state index < -0.39 is 0 Å². The van der Waals surface area contributed by atoms with Crippen molar-refractivity contribution in [1.82, 2.24) is 4.90 Å². The van der Waals surface area contributed by atoms with E-state index in [-0.39, 0.29) is 12.1 Å². The van der Waals surface area contributed by atoms with Gasteiger partial charge in [0, 0.05) is 12.1 Å². The van der Waals surface area contributed by atoms with Gasteiger partial charge in [-0.15, -0.1) is 0 Å². The number of carbonyl (C=O) groups is 1. The van der Waals surface area contributed by atoms with Gasteiger partial charge in [-0.2, -0.15) is 0 Å². The smallest absolute Gasteiger partial charge is 0.410 e. The van der Waals surface area contributed by atoms with Crippen molar-refractivity contribution >= 4 is 6.09 Å². The van der Waals surface area contributed by atoms with E-state index in [1.807, 2.05) is 25.1 Å². The van der Waals surface area contributed by atoms with Crippen LogP contribution < -0.4 is 10.5 Å². The number of benzene rings is 1. The molecule has 1 unspecified atom stereocenters. The first kappa shape index (κ1) is 12.7. The lowest BCUT2D eigenvalue weighted by atomic mass is 10.0. The normalized spacial score (nSPS) is 16.6. The summed E-state index contributed by atoms with van der Waals surface area (Å²) >= 11 is 0. The molecule has 1 aliphatic heterocycles. The van der Waals surface area contributed by atoms with Gasteiger partial charge < -0.3 is 20.1 Å². The Morgan fingerprint density at radius 2 is 2.33 bits per heavy atom. The molecule has 98 valence electrons. The van der Waals surface area contributed by atoms with Crippen molar-refractivity contribution in [2.45, 2.75) is 13.0 Å². The Morgan fingerprint density at radius 1 is 1.56 bits per heavy atom. The Bertz CT molecular complexity index is 448. The summed E-state index contributed by atoms with van der Waals surface area (Å²) in [5.74, 6) is 0.751. The highest BCUT2D eigenvalue weighted by Crippen LogP contribution is 2.26. The molecule has 1 amide bonds. The number of aryl methyl sites for hydroxylation is 1. The predicted octanol–water partition coefficient (Wildman–Crippen LogP) is 1.46. The maximum Gasteiger partial charge on any atom is 0.410 e. The van der Waals surface area contributed by atoms with Gasteiger partial charge in [0.1, 0.15) is 12.4 Å². The van der Waals surface area contributed by atoms with Crippen LogP contribution in [0, 0.1) is 6.92 Å². The van der Waals surface area contributed by atoms with Crippen molar-refractivity contribution in [3.63, 3.8) is 0 Å². The van der Waals surface area contributed by atoms with Gasteiger partial charge in [-0.3, -0.25) is 0 Å². The summed E-state index contributed by atoms with van der Waals surface area (Å²) in [6, 6.07) is 5.59. The van der Waals surface area contributed by atoms with Crippen LogP contribution in [0.25, 0.3) is 0 Å². The molecule has 0 spiro atoms. The number of nitrogens with two attached hydrogens (primary N) is 1. The Balaban J connectivity index is 2.14. The van der Waals surface area contributed by atoms with Gasteiger partial charge in [0.25, 0.3) is 0 Å². The van der Waals surface area contributed by atoms with Gasteiger partial charge in [0.05, 0.1) is 19.7 Å². The van der Waals surface area contributed by atoms with Crippen LogP contribution in [-0.2, 0) is 4.74 Å². The molecule has 1 fully saturated rings.